The number of hydrogen-bond donors (Lipinski definition) is 2. The zero-order chi connectivity index (χ0) is 17.0. The van der Waals surface area contributed by atoms with Gasteiger partial charge in [-0.3, -0.25) is 4.68 Å². The van der Waals surface area contributed by atoms with Crippen molar-refractivity contribution >= 4 is 29.9 Å². The van der Waals surface area contributed by atoms with E-state index in [1.807, 2.05) is 36.9 Å². The predicted molar refractivity (Wildman–Crippen MR) is 109 cm³/mol. The number of nitrogens with zero attached hydrogens (tertiary/aromatic N) is 3. The number of nitrogens with one attached hydrogen (secondary N) is 2. The summed E-state index contributed by atoms with van der Waals surface area (Å²) in [6, 6.07) is 8.83. The van der Waals surface area contributed by atoms with Crippen LogP contribution in [0.4, 0.5) is 4.39 Å². The molecule has 2 N–H and O–H groups in total. The quantitative estimate of drug-likeness (QED) is 0.399. The Hall–Kier alpha value is -1.64. The predicted octanol–water partition coefficient (Wildman–Crippen LogP) is 2.96. The van der Waals surface area contributed by atoms with Crippen LogP contribution in [0.1, 0.15) is 31.0 Å². The molecule has 0 spiro atoms. The van der Waals surface area contributed by atoms with E-state index < -0.39 is 0 Å². The van der Waals surface area contributed by atoms with Crippen molar-refractivity contribution < 1.29 is 4.39 Å². The van der Waals surface area contributed by atoms with E-state index in [9.17, 15) is 4.39 Å². The Morgan fingerprint density at radius 2 is 1.96 bits per heavy atom. The van der Waals surface area contributed by atoms with Crippen molar-refractivity contribution in [2.24, 2.45) is 12.0 Å². The van der Waals surface area contributed by atoms with Crippen LogP contribution in [0.15, 0.2) is 41.5 Å². The molecule has 136 valence electrons. The van der Waals surface area contributed by atoms with Gasteiger partial charge in [0, 0.05) is 31.7 Å². The Kier molecular flexibility index (Phi) is 6.80. The van der Waals surface area contributed by atoms with Gasteiger partial charge < -0.3 is 10.6 Å². The third-order valence-electron chi connectivity index (χ3n) is 4.57. The summed E-state index contributed by atoms with van der Waals surface area (Å²) < 4.78 is 15.0. The number of aromatic nitrogens is 2. The van der Waals surface area contributed by atoms with Crippen molar-refractivity contribution in [1.29, 1.82) is 0 Å². The van der Waals surface area contributed by atoms with Crippen LogP contribution in [-0.4, -0.2) is 28.8 Å². The number of benzene rings is 1. The molecular formula is C18H25FIN5. The fraction of sp³-hybridized carbons (Fsp3) is 0.444. The lowest BCUT2D eigenvalue weighted by molar-refractivity contribution is 0.617. The van der Waals surface area contributed by atoms with Crippen molar-refractivity contribution in [1.82, 2.24) is 20.4 Å². The lowest BCUT2D eigenvalue weighted by Gasteiger charge is -2.19. The summed E-state index contributed by atoms with van der Waals surface area (Å²) in [5, 5.41) is 10.9. The minimum Gasteiger partial charge on any atom is -0.357 e. The molecule has 7 heteroatoms. The Bertz CT molecular complexity index is 707. The average Bonchev–Trinajstić information content (AvgIpc) is 3.26. The summed E-state index contributed by atoms with van der Waals surface area (Å²) in [7, 11) is 1.92. The van der Waals surface area contributed by atoms with E-state index in [4.69, 9.17) is 0 Å². The van der Waals surface area contributed by atoms with Crippen molar-refractivity contribution in [3.8, 4) is 0 Å². The second kappa shape index (κ2) is 8.64. The largest absolute Gasteiger partial charge is 0.357 e. The SMILES string of the molecule is CCNC(=NCc1ccnn1C)NCC1(c2ccc(F)cc2)CC1.I. The highest BCUT2D eigenvalue weighted by Crippen LogP contribution is 2.47. The van der Waals surface area contributed by atoms with E-state index in [-0.39, 0.29) is 35.2 Å². The van der Waals surface area contributed by atoms with E-state index in [1.54, 1.807) is 6.20 Å². The third kappa shape index (κ3) is 4.93. The van der Waals surface area contributed by atoms with Gasteiger partial charge in [0.15, 0.2) is 5.96 Å². The first-order chi connectivity index (χ1) is 11.6. The minimum atomic E-state index is -0.186. The monoisotopic (exact) mass is 457 g/mol. The van der Waals surface area contributed by atoms with Gasteiger partial charge in [0.1, 0.15) is 5.82 Å². The normalized spacial score (nSPS) is 15.4. The molecule has 1 aliphatic rings. The van der Waals surface area contributed by atoms with Crippen LogP contribution in [0, 0.1) is 5.82 Å². The summed E-state index contributed by atoms with van der Waals surface area (Å²) in [4.78, 5) is 4.63. The van der Waals surface area contributed by atoms with Crippen LogP contribution in [0.25, 0.3) is 0 Å². The molecular weight excluding hydrogens is 432 g/mol. The molecule has 1 heterocycles. The van der Waals surface area contributed by atoms with Gasteiger partial charge in [-0.15, -0.1) is 24.0 Å². The molecule has 1 aromatic carbocycles. The lowest BCUT2D eigenvalue weighted by Crippen LogP contribution is -2.41. The van der Waals surface area contributed by atoms with Gasteiger partial charge in [0.2, 0.25) is 0 Å². The van der Waals surface area contributed by atoms with Crippen molar-refractivity contribution in [3.63, 3.8) is 0 Å². The molecule has 0 radical (unpaired) electrons. The molecule has 0 saturated heterocycles. The second-order valence-corrected chi connectivity index (χ2v) is 6.28. The standard InChI is InChI=1S/C18H24FN5.HI/c1-3-20-17(21-12-16-8-11-23-24(16)2)22-13-18(9-10-18)14-4-6-15(19)7-5-14;/h4-8,11H,3,9-10,12-13H2,1-2H3,(H2,20,21,22);1H. The molecule has 1 aliphatic carbocycles. The fourth-order valence-electron chi connectivity index (χ4n) is 2.83. The molecule has 0 amide bonds. The number of aliphatic imine (C=N–C) groups is 1. The minimum absolute atomic E-state index is 0. The van der Waals surface area contributed by atoms with Crippen LogP contribution >= 0.6 is 24.0 Å². The van der Waals surface area contributed by atoms with Crippen LogP contribution in [0.3, 0.4) is 0 Å². The highest BCUT2D eigenvalue weighted by molar-refractivity contribution is 14.0. The molecule has 1 fully saturated rings. The third-order valence-corrected chi connectivity index (χ3v) is 4.57. The van der Waals surface area contributed by atoms with Crippen LogP contribution in [0.2, 0.25) is 0 Å². The number of halogens is 2. The van der Waals surface area contributed by atoms with Crippen LogP contribution in [0.5, 0.6) is 0 Å². The second-order valence-electron chi connectivity index (χ2n) is 6.28. The Morgan fingerprint density at radius 1 is 1.24 bits per heavy atom. The molecule has 0 bridgehead atoms. The summed E-state index contributed by atoms with van der Waals surface area (Å²) in [5.41, 5.74) is 2.36. The maximum Gasteiger partial charge on any atom is 0.191 e. The Morgan fingerprint density at radius 3 is 2.52 bits per heavy atom. The molecule has 1 saturated carbocycles. The van der Waals surface area contributed by atoms with E-state index >= 15 is 0 Å². The lowest BCUT2D eigenvalue weighted by atomic mass is 9.96. The van der Waals surface area contributed by atoms with Gasteiger partial charge in [-0.2, -0.15) is 5.10 Å². The van der Waals surface area contributed by atoms with Crippen molar-refractivity contribution in [3.05, 3.63) is 53.6 Å². The Labute approximate surface area is 165 Å². The molecule has 25 heavy (non-hydrogen) atoms. The van der Waals surface area contributed by atoms with Gasteiger partial charge in [-0.1, -0.05) is 12.1 Å². The summed E-state index contributed by atoms with van der Waals surface area (Å²) >= 11 is 0. The van der Waals surface area contributed by atoms with Gasteiger partial charge in [0.25, 0.3) is 0 Å². The van der Waals surface area contributed by atoms with Crippen LogP contribution in [-0.2, 0) is 19.0 Å². The summed E-state index contributed by atoms with van der Waals surface area (Å²) in [5.74, 6) is 0.612. The smallest absolute Gasteiger partial charge is 0.191 e. The van der Waals surface area contributed by atoms with E-state index in [0.717, 1.165) is 37.6 Å². The van der Waals surface area contributed by atoms with Gasteiger partial charge in [0.05, 0.1) is 12.2 Å². The topological polar surface area (TPSA) is 54.2 Å². The average molecular weight is 457 g/mol. The highest BCUT2D eigenvalue weighted by Gasteiger charge is 2.44. The fourth-order valence-corrected chi connectivity index (χ4v) is 2.83. The number of guanidine groups is 1. The van der Waals surface area contributed by atoms with E-state index in [1.165, 1.54) is 17.7 Å². The first-order valence-corrected chi connectivity index (χ1v) is 8.38. The maximum absolute atomic E-state index is 13.1. The first-order valence-electron chi connectivity index (χ1n) is 8.38. The van der Waals surface area contributed by atoms with Gasteiger partial charge >= 0.3 is 0 Å². The van der Waals surface area contributed by atoms with Crippen molar-refractivity contribution in [2.45, 2.75) is 31.7 Å². The molecule has 0 unspecified atom stereocenters. The van der Waals surface area contributed by atoms with Gasteiger partial charge in [-0.05, 0) is 43.5 Å². The van der Waals surface area contributed by atoms with Crippen LogP contribution < -0.4 is 10.6 Å². The number of rotatable bonds is 6. The van der Waals surface area contributed by atoms with E-state index in [0.29, 0.717) is 6.54 Å². The molecule has 2 aromatic rings. The highest BCUT2D eigenvalue weighted by atomic mass is 127. The molecule has 3 rings (SSSR count). The number of hydrogen-bond acceptors (Lipinski definition) is 2. The Balaban J connectivity index is 0.00000225. The molecule has 0 aliphatic heterocycles. The molecule has 5 nitrogen and oxygen atoms in total. The summed E-state index contributed by atoms with van der Waals surface area (Å²) in [6.07, 6.45) is 4.01. The molecule has 0 atom stereocenters. The first kappa shape index (κ1) is 19.7. The van der Waals surface area contributed by atoms with Crippen molar-refractivity contribution in [2.75, 3.05) is 13.1 Å². The zero-order valence-corrected chi connectivity index (χ0v) is 17.0. The zero-order valence-electron chi connectivity index (χ0n) is 14.6. The van der Waals surface area contributed by atoms with Gasteiger partial charge in [-0.25, -0.2) is 9.38 Å². The molecule has 1 aromatic heterocycles. The van der Waals surface area contributed by atoms with E-state index in [2.05, 4.69) is 20.7 Å². The number of aryl methyl sites for hydroxylation is 1. The summed E-state index contributed by atoms with van der Waals surface area (Å²) in [6.45, 7) is 4.24. The maximum atomic E-state index is 13.1.